The molecule has 6 heteroatoms. The number of ether oxygens (including phenoxy) is 1. The number of methoxy groups -OCH3 is 1. The van der Waals surface area contributed by atoms with Crippen LogP contribution in [0.5, 0.6) is 0 Å². The number of carbonyl (C=O) groups is 2. The molecule has 0 aliphatic carbocycles. The van der Waals surface area contributed by atoms with E-state index in [-0.39, 0.29) is 24.3 Å². The van der Waals surface area contributed by atoms with Crippen molar-refractivity contribution in [3.8, 4) is 0 Å². The SMILES string of the molecule is COC(=O)C(C)CN(C)CC(=O)NCc1ccccc1Cl. The molecule has 0 bridgehead atoms. The first-order valence-electron chi connectivity index (χ1n) is 6.70. The van der Waals surface area contributed by atoms with Gasteiger partial charge < -0.3 is 10.1 Å². The molecule has 1 rings (SSSR count). The van der Waals surface area contributed by atoms with Crippen LogP contribution in [0.4, 0.5) is 0 Å². The molecule has 116 valence electrons. The lowest BCUT2D eigenvalue weighted by Gasteiger charge is -2.19. The summed E-state index contributed by atoms with van der Waals surface area (Å²) in [7, 11) is 3.14. The molecule has 1 N–H and O–H groups in total. The minimum atomic E-state index is -0.279. The van der Waals surface area contributed by atoms with E-state index < -0.39 is 0 Å². The molecule has 0 aliphatic heterocycles. The highest BCUT2D eigenvalue weighted by atomic mass is 35.5. The second-order valence-corrected chi connectivity index (χ2v) is 5.40. The normalized spacial score (nSPS) is 12.0. The first kappa shape index (κ1) is 17.5. The van der Waals surface area contributed by atoms with E-state index in [2.05, 4.69) is 10.1 Å². The minimum Gasteiger partial charge on any atom is -0.469 e. The molecule has 1 aromatic rings. The van der Waals surface area contributed by atoms with E-state index >= 15 is 0 Å². The summed E-state index contributed by atoms with van der Waals surface area (Å²) < 4.78 is 4.66. The van der Waals surface area contributed by atoms with E-state index in [4.69, 9.17) is 11.6 Å². The van der Waals surface area contributed by atoms with E-state index in [9.17, 15) is 9.59 Å². The Morgan fingerprint density at radius 1 is 1.38 bits per heavy atom. The van der Waals surface area contributed by atoms with Crippen molar-refractivity contribution in [1.29, 1.82) is 0 Å². The number of nitrogens with zero attached hydrogens (tertiary/aromatic N) is 1. The van der Waals surface area contributed by atoms with Gasteiger partial charge in [0.25, 0.3) is 0 Å². The van der Waals surface area contributed by atoms with E-state index in [1.807, 2.05) is 18.2 Å². The maximum Gasteiger partial charge on any atom is 0.309 e. The predicted octanol–water partition coefficient (Wildman–Crippen LogP) is 1.70. The predicted molar refractivity (Wildman–Crippen MR) is 82.0 cm³/mol. The number of benzene rings is 1. The van der Waals surface area contributed by atoms with Crippen LogP contribution in [0.25, 0.3) is 0 Å². The molecule has 0 radical (unpaired) electrons. The maximum absolute atomic E-state index is 11.8. The van der Waals surface area contributed by atoms with Gasteiger partial charge in [0.1, 0.15) is 0 Å². The van der Waals surface area contributed by atoms with Gasteiger partial charge in [0.05, 0.1) is 19.6 Å². The third kappa shape index (κ3) is 6.14. The Bertz CT molecular complexity index is 494. The van der Waals surface area contributed by atoms with Gasteiger partial charge in [-0.25, -0.2) is 0 Å². The van der Waals surface area contributed by atoms with Crippen LogP contribution < -0.4 is 5.32 Å². The summed E-state index contributed by atoms with van der Waals surface area (Å²) in [6.07, 6.45) is 0. The molecule has 0 aliphatic rings. The Labute approximate surface area is 130 Å². The fourth-order valence-electron chi connectivity index (χ4n) is 1.94. The molecule has 1 amide bonds. The van der Waals surface area contributed by atoms with Gasteiger partial charge in [-0.05, 0) is 18.7 Å². The van der Waals surface area contributed by atoms with Crippen molar-refractivity contribution in [1.82, 2.24) is 10.2 Å². The van der Waals surface area contributed by atoms with Crippen molar-refractivity contribution >= 4 is 23.5 Å². The van der Waals surface area contributed by atoms with E-state index in [1.165, 1.54) is 7.11 Å². The zero-order valence-electron chi connectivity index (χ0n) is 12.6. The van der Waals surface area contributed by atoms with Crippen molar-refractivity contribution in [2.45, 2.75) is 13.5 Å². The summed E-state index contributed by atoms with van der Waals surface area (Å²) in [5, 5.41) is 3.44. The quantitative estimate of drug-likeness (QED) is 0.779. The van der Waals surface area contributed by atoms with Crippen LogP contribution in [0.1, 0.15) is 12.5 Å². The third-order valence-corrected chi connectivity index (χ3v) is 3.41. The van der Waals surface area contributed by atoms with Crippen LogP contribution in [-0.2, 0) is 20.9 Å². The Balaban J connectivity index is 2.36. The van der Waals surface area contributed by atoms with E-state index in [0.717, 1.165) is 5.56 Å². The zero-order chi connectivity index (χ0) is 15.8. The molecule has 1 atom stereocenters. The number of hydrogen-bond donors (Lipinski definition) is 1. The number of esters is 1. The standard InChI is InChI=1S/C15H21ClN2O3/c1-11(15(20)21-3)9-18(2)10-14(19)17-8-12-6-4-5-7-13(12)16/h4-7,11H,8-10H2,1-3H3,(H,17,19). The molecule has 1 aromatic carbocycles. The molecule has 0 fully saturated rings. The Morgan fingerprint density at radius 2 is 2.05 bits per heavy atom. The number of likely N-dealkylation sites (N-methyl/N-ethyl adjacent to an activating group) is 1. The van der Waals surface area contributed by atoms with Gasteiger partial charge in [-0.15, -0.1) is 0 Å². The highest BCUT2D eigenvalue weighted by Gasteiger charge is 2.16. The number of halogens is 1. The maximum atomic E-state index is 11.8. The van der Waals surface area contributed by atoms with Gasteiger partial charge in [0.2, 0.25) is 5.91 Å². The van der Waals surface area contributed by atoms with Crippen LogP contribution in [0.2, 0.25) is 5.02 Å². The number of hydrogen-bond acceptors (Lipinski definition) is 4. The molecule has 0 aromatic heterocycles. The number of nitrogens with one attached hydrogen (secondary N) is 1. The summed E-state index contributed by atoms with van der Waals surface area (Å²) in [6, 6.07) is 7.37. The molecule has 5 nitrogen and oxygen atoms in total. The molecule has 0 saturated carbocycles. The molecule has 0 spiro atoms. The van der Waals surface area contributed by atoms with Gasteiger partial charge in [0, 0.05) is 18.1 Å². The summed E-state index contributed by atoms with van der Waals surface area (Å²) in [6.45, 7) is 2.83. The average Bonchev–Trinajstić information content (AvgIpc) is 2.45. The fourth-order valence-corrected chi connectivity index (χ4v) is 2.15. The lowest BCUT2D eigenvalue weighted by atomic mass is 10.2. The first-order chi connectivity index (χ1) is 9.93. The Hall–Kier alpha value is -1.59. The Morgan fingerprint density at radius 3 is 2.67 bits per heavy atom. The molecular formula is C15H21ClN2O3. The van der Waals surface area contributed by atoms with E-state index in [0.29, 0.717) is 18.1 Å². The fraction of sp³-hybridized carbons (Fsp3) is 0.467. The van der Waals surface area contributed by atoms with Crippen LogP contribution in [0.3, 0.4) is 0 Å². The highest BCUT2D eigenvalue weighted by Crippen LogP contribution is 2.14. The lowest BCUT2D eigenvalue weighted by Crippen LogP contribution is -2.38. The summed E-state index contributed by atoms with van der Waals surface area (Å²) in [4.78, 5) is 24.9. The summed E-state index contributed by atoms with van der Waals surface area (Å²) >= 11 is 6.02. The topological polar surface area (TPSA) is 58.6 Å². The van der Waals surface area contributed by atoms with E-state index in [1.54, 1.807) is 24.9 Å². The zero-order valence-corrected chi connectivity index (χ0v) is 13.3. The second-order valence-electron chi connectivity index (χ2n) is 4.99. The van der Waals surface area contributed by atoms with Crippen molar-refractivity contribution < 1.29 is 14.3 Å². The van der Waals surface area contributed by atoms with Gasteiger partial charge in [0.15, 0.2) is 0 Å². The average molecular weight is 313 g/mol. The largest absolute Gasteiger partial charge is 0.469 e. The van der Waals surface area contributed by atoms with Crippen LogP contribution in [0, 0.1) is 5.92 Å². The molecular weight excluding hydrogens is 292 g/mol. The van der Waals surface area contributed by atoms with Gasteiger partial charge in [-0.2, -0.15) is 0 Å². The van der Waals surface area contributed by atoms with Crippen LogP contribution in [0.15, 0.2) is 24.3 Å². The minimum absolute atomic E-state index is 0.116. The second kappa shape index (κ2) is 8.64. The van der Waals surface area contributed by atoms with Gasteiger partial charge in [-0.3, -0.25) is 14.5 Å². The highest BCUT2D eigenvalue weighted by molar-refractivity contribution is 6.31. The number of amides is 1. The van der Waals surface area contributed by atoms with Gasteiger partial charge in [-0.1, -0.05) is 36.7 Å². The van der Waals surface area contributed by atoms with Crippen LogP contribution >= 0.6 is 11.6 Å². The van der Waals surface area contributed by atoms with Crippen molar-refractivity contribution in [3.63, 3.8) is 0 Å². The molecule has 0 saturated heterocycles. The third-order valence-electron chi connectivity index (χ3n) is 3.04. The summed E-state index contributed by atoms with van der Waals surface area (Å²) in [5.41, 5.74) is 0.873. The van der Waals surface area contributed by atoms with Crippen molar-refractivity contribution in [2.24, 2.45) is 5.92 Å². The number of carbonyl (C=O) groups excluding carboxylic acids is 2. The van der Waals surface area contributed by atoms with Crippen LogP contribution in [-0.4, -0.2) is 44.0 Å². The Kier molecular flexibility index (Phi) is 7.19. The molecule has 1 unspecified atom stereocenters. The van der Waals surface area contributed by atoms with Gasteiger partial charge >= 0.3 is 5.97 Å². The van der Waals surface area contributed by atoms with Crippen molar-refractivity contribution in [3.05, 3.63) is 34.9 Å². The smallest absolute Gasteiger partial charge is 0.309 e. The number of rotatable bonds is 7. The molecule has 0 heterocycles. The monoisotopic (exact) mass is 312 g/mol. The van der Waals surface area contributed by atoms with Crippen molar-refractivity contribution in [2.75, 3.05) is 27.2 Å². The lowest BCUT2D eigenvalue weighted by molar-refractivity contribution is -0.145. The molecule has 21 heavy (non-hydrogen) atoms. The summed E-state index contributed by atoms with van der Waals surface area (Å²) in [5.74, 6) is -0.663. The first-order valence-corrected chi connectivity index (χ1v) is 7.08.